The average molecular weight is 590 g/mol. The molecular weight excluding hydrogens is 563 g/mol. The van der Waals surface area contributed by atoms with Crippen LogP contribution in [0.1, 0.15) is 18.4 Å². The van der Waals surface area contributed by atoms with Gasteiger partial charge < -0.3 is 9.80 Å². The molecule has 0 unspecified atom stereocenters. The Bertz CT molecular complexity index is 1790. The molecule has 2 aliphatic heterocycles. The molecular formula is C26H26F3N7O4S. The summed E-state index contributed by atoms with van der Waals surface area (Å²) < 4.78 is 66.7. The number of aromatic amines is 1. The van der Waals surface area contributed by atoms with E-state index in [1.165, 1.54) is 4.52 Å². The van der Waals surface area contributed by atoms with Crippen molar-refractivity contribution in [3.8, 4) is 0 Å². The number of hydrogen-bond donors (Lipinski definition) is 1. The zero-order chi connectivity index (χ0) is 28.9. The first-order valence-electron chi connectivity index (χ1n) is 13.1. The number of likely N-dealkylation sites (tertiary alicyclic amines) is 1. The number of hydrogen-bond acceptors (Lipinski definition) is 8. The van der Waals surface area contributed by atoms with E-state index in [9.17, 15) is 31.2 Å². The van der Waals surface area contributed by atoms with Crippen LogP contribution in [0.25, 0.3) is 16.6 Å². The largest absolute Gasteiger partial charge is 0.416 e. The summed E-state index contributed by atoms with van der Waals surface area (Å²) in [5.74, 6) is 0.150. The molecule has 1 N–H and O–H groups in total. The lowest BCUT2D eigenvalue weighted by Gasteiger charge is -2.36. The van der Waals surface area contributed by atoms with E-state index in [0.29, 0.717) is 50.4 Å². The number of benzene rings is 2. The van der Waals surface area contributed by atoms with Gasteiger partial charge in [-0.25, -0.2) is 18.1 Å². The summed E-state index contributed by atoms with van der Waals surface area (Å²) in [5.41, 5.74) is -0.767. The molecule has 15 heteroatoms. The lowest BCUT2D eigenvalue weighted by molar-refractivity contribution is -0.137. The van der Waals surface area contributed by atoms with Crippen LogP contribution in [0.5, 0.6) is 0 Å². The van der Waals surface area contributed by atoms with Gasteiger partial charge in [0.2, 0.25) is 20.8 Å². The van der Waals surface area contributed by atoms with Crippen molar-refractivity contribution in [2.24, 2.45) is 0 Å². The number of fused-ring (bicyclic) bond motifs is 3. The molecule has 0 aliphatic carbocycles. The van der Waals surface area contributed by atoms with Crippen LogP contribution < -0.4 is 10.5 Å². The lowest BCUT2D eigenvalue weighted by atomic mass is 10.2. The number of amides is 1. The molecule has 41 heavy (non-hydrogen) atoms. The number of aromatic nitrogens is 4. The fraction of sp³-hybridized carbons (Fsp3) is 0.385. The molecule has 2 aromatic carbocycles. The van der Waals surface area contributed by atoms with Gasteiger partial charge in [0.25, 0.3) is 5.56 Å². The van der Waals surface area contributed by atoms with Gasteiger partial charge in [0.1, 0.15) is 0 Å². The topological polar surface area (TPSA) is 124 Å². The molecule has 4 aromatic rings. The zero-order valence-corrected chi connectivity index (χ0v) is 22.6. The SMILES string of the molecule is O=C(CN1CCN(c2ccc3c(=O)nc4c(S(=O)(=O)c5ccc(C(F)(F)F)cc5)n[nH]n4c3c2)CC1)N1CCCC1. The molecule has 2 aromatic heterocycles. The van der Waals surface area contributed by atoms with Gasteiger partial charge >= 0.3 is 6.18 Å². The molecule has 4 heterocycles. The first kappa shape index (κ1) is 27.2. The van der Waals surface area contributed by atoms with Crippen molar-refractivity contribution in [1.29, 1.82) is 0 Å². The highest BCUT2D eigenvalue weighted by atomic mass is 32.2. The number of piperazine rings is 1. The van der Waals surface area contributed by atoms with Gasteiger partial charge in [0, 0.05) is 45.0 Å². The summed E-state index contributed by atoms with van der Waals surface area (Å²) in [6, 6.07) is 8.18. The van der Waals surface area contributed by atoms with Crippen LogP contribution in [0, 0.1) is 0 Å². The molecule has 2 aliphatic rings. The average Bonchev–Trinajstić information content (AvgIpc) is 3.64. The number of rotatable bonds is 5. The number of carbonyl (C=O) groups excluding carboxylic acids is 1. The minimum atomic E-state index is -4.62. The number of alkyl halides is 3. The normalized spacial score (nSPS) is 17.1. The number of carbonyl (C=O) groups is 1. The van der Waals surface area contributed by atoms with E-state index in [1.807, 2.05) is 4.90 Å². The van der Waals surface area contributed by atoms with Crippen molar-refractivity contribution < 1.29 is 26.4 Å². The quantitative estimate of drug-likeness (QED) is 0.376. The molecule has 216 valence electrons. The van der Waals surface area contributed by atoms with Crippen LogP contribution >= 0.6 is 0 Å². The Morgan fingerprint density at radius 1 is 0.951 bits per heavy atom. The predicted octanol–water partition coefficient (Wildman–Crippen LogP) is 2.17. The number of sulfone groups is 1. The monoisotopic (exact) mass is 589 g/mol. The van der Waals surface area contributed by atoms with Crippen LogP contribution in [-0.2, 0) is 20.8 Å². The van der Waals surface area contributed by atoms with Gasteiger partial charge in [0.05, 0.1) is 27.9 Å². The van der Waals surface area contributed by atoms with Crippen LogP contribution in [0.4, 0.5) is 18.9 Å². The Kier molecular flexibility index (Phi) is 6.72. The van der Waals surface area contributed by atoms with E-state index >= 15 is 0 Å². The predicted molar refractivity (Wildman–Crippen MR) is 142 cm³/mol. The van der Waals surface area contributed by atoms with E-state index in [1.54, 1.807) is 18.2 Å². The van der Waals surface area contributed by atoms with Crippen molar-refractivity contribution >= 4 is 38.0 Å². The number of H-pyrrole nitrogens is 1. The minimum Gasteiger partial charge on any atom is -0.369 e. The molecule has 0 radical (unpaired) electrons. The fourth-order valence-electron chi connectivity index (χ4n) is 5.33. The summed E-state index contributed by atoms with van der Waals surface area (Å²) in [6.07, 6.45) is -2.52. The third-order valence-corrected chi connectivity index (χ3v) is 9.29. The molecule has 2 saturated heterocycles. The van der Waals surface area contributed by atoms with Gasteiger partial charge in [-0.15, -0.1) is 5.10 Å². The van der Waals surface area contributed by atoms with Crippen LogP contribution in [0.2, 0.25) is 0 Å². The molecule has 1 amide bonds. The molecule has 11 nitrogen and oxygen atoms in total. The van der Waals surface area contributed by atoms with Crippen molar-refractivity contribution in [3.63, 3.8) is 0 Å². The number of nitrogens with one attached hydrogen (secondary N) is 1. The second kappa shape index (κ2) is 10.1. The Morgan fingerprint density at radius 3 is 2.29 bits per heavy atom. The summed E-state index contributed by atoms with van der Waals surface area (Å²) >= 11 is 0. The maximum absolute atomic E-state index is 13.3. The van der Waals surface area contributed by atoms with Gasteiger partial charge in [-0.3, -0.25) is 14.5 Å². The maximum Gasteiger partial charge on any atom is 0.416 e. The van der Waals surface area contributed by atoms with E-state index in [4.69, 9.17) is 0 Å². The summed E-state index contributed by atoms with van der Waals surface area (Å²) in [5, 5.41) is 6.15. The Morgan fingerprint density at radius 2 is 1.63 bits per heavy atom. The number of anilines is 1. The molecule has 0 saturated carbocycles. The molecule has 0 atom stereocenters. The maximum atomic E-state index is 13.3. The smallest absolute Gasteiger partial charge is 0.369 e. The number of halogens is 3. The van der Waals surface area contributed by atoms with Gasteiger partial charge in [-0.05, 0) is 55.3 Å². The minimum absolute atomic E-state index is 0.150. The highest BCUT2D eigenvalue weighted by Gasteiger charge is 2.32. The Balaban J connectivity index is 1.27. The third-order valence-electron chi connectivity index (χ3n) is 7.62. The van der Waals surface area contributed by atoms with Crippen molar-refractivity contribution in [2.75, 3.05) is 50.7 Å². The third kappa shape index (κ3) is 5.03. The summed E-state index contributed by atoms with van der Waals surface area (Å²) in [7, 11) is -4.40. The standard InChI is InChI=1S/C26H26F3N7O4S/c27-26(28,29)17-3-6-19(7-4-17)41(39,40)25-23-30-24(38)20-8-5-18(15-21(20)36(23)32-31-25)34-13-11-33(12-14-34)16-22(37)35-9-1-2-10-35/h3-8,15,32H,1-2,9-14,16H2. The van der Waals surface area contributed by atoms with Crippen LogP contribution in [0.15, 0.2) is 57.2 Å². The highest BCUT2D eigenvalue weighted by Crippen LogP contribution is 2.31. The van der Waals surface area contributed by atoms with Crippen molar-refractivity contribution in [2.45, 2.75) is 28.9 Å². The molecule has 0 spiro atoms. The van der Waals surface area contributed by atoms with E-state index < -0.39 is 37.1 Å². The van der Waals surface area contributed by atoms with E-state index in [0.717, 1.165) is 43.8 Å². The second-order valence-electron chi connectivity index (χ2n) is 10.2. The molecule has 2 fully saturated rings. The number of nitrogens with zero attached hydrogens (tertiary/aromatic N) is 6. The van der Waals surface area contributed by atoms with E-state index in [-0.39, 0.29) is 16.9 Å². The molecule has 6 rings (SSSR count). The first-order valence-corrected chi connectivity index (χ1v) is 14.6. The lowest BCUT2D eigenvalue weighted by Crippen LogP contribution is -2.49. The highest BCUT2D eigenvalue weighted by molar-refractivity contribution is 7.91. The zero-order valence-electron chi connectivity index (χ0n) is 21.8. The second-order valence-corrected chi connectivity index (χ2v) is 12.0. The first-order chi connectivity index (χ1) is 19.5. The van der Waals surface area contributed by atoms with Gasteiger partial charge in [-0.2, -0.15) is 18.2 Å². The Hall–Kier alpha value is -3.98. The Labute approximate surface area is 232 Å². The van der Waals surface area contributed by atoms with Crippen LogP contribution in [0.3, 0.4) is 0 Å². The van der Waals surface area contributed by atoms with Crippen LogP contribution in [-0.4, -0.2) is 89.7 Å². The van der Waals surface area contributed by atoms with Crippen molar-refractivity contribution in [1.82, 2.24) is 29.6 Å². The van der Waals surface area contributed by atoms with Crippen molar-refractivity contribution in [3.05, 3.63) is 58.4 Å². The fourth-order valence-corrected chi connectivity index (χ4v) is 6.59. The van der Waals surface area contributed by atoms with Gasteiger partial charge in [0.15, 0.2) is 5.65 Å². The summed E-state index contributed by atoms with van der Waals surface area (Å²) in [6.45, 7) is 4.69. The molecule has 0 bridgehead atoms. The van der Waals surface area contributed by atoms with E-state index in [2.05, 4.69) is 25.1 Å². The summed E-state index contributed by atoms with van der Waals surface area (Å²) in [4.78, 5) is 35.0. The van der Waals surface area contributed by atoms with Gasteiger partial charge in [-0.1, -0.05) is 0 Å².